The number of hydrogen-bond donors (Lipinski definition) is 1. The molecule has 1 aliphatic heterocycles. The fourth-order valence-corrected chi connectivity index (χ4v) is 4.88. The Morgan fingerprint density at radius 2 is 2.09 bits per heavy atom. The molecule has 1 atom stereocenters. The van der Waals surface area contributed by atoms with Crippen LogP contribution in [0.25, 0.3) is 10.9 Å². The standard InChI is InChI=1S/C24H23N5O2S/c1-15-7-16(2)27-11-18(15)8-17-3-4-22-21(9-17)20(5-6-26-22)24(31)28-12-23(30)29-14-32-13-19(29)10-25/h3-7,9,11,19H,8,12-14H2,1-2H3,(H,28,31)/t19-/m1/s1. The second kappa shape index (κ2) is 9.37. The van der Waals surface area contributed by atoms with Crippen molar-refractivity contribution in [3.63, 3.8) is 0 Å². The molecule has 3 aromatic rings. The number of thioether (sulfide) groups is 1. The summed E-state index contributed by atoms with van der Waals surface area (Å²) in [5, 5.41) is 12.6. The third kappa shape index (κ3) is 4.58. The minimum absolute atomic E-state index is 0.144. The van der Waals surface area contributed by atoms with Crippen LogP contribution in [-0.4, -0.2) is 50.9 Å². The third-order valence-corrected chi connectivity index (χ3v) is 6.57. The van der Waals surface area contributed by atoms with Crippen LogP contribution in [0.1, 0.15) is 32.7 Å². The van der Waals surface area contributed by atoms with E-state index in [0.29, 0.717) is 29.1 Å². The van der Waals surface area contributed by atoms with Crippen molar-refractivity contribution in [3.05, 3.63) is 70.7 Å². The van der Waals surface area contributed by atoms with E-state index in [1.54, 1.807) is 12.3 Å². The van der Waals surface area contributed by atoms with Crippen molar-refractivity contribution < 1.29 is 9.59 Å². The lowest BCUT2D eigenvalue weighted by Gasteiger charge is -2.18. The summed E-state index contributed by atoms with van der Waals surface area (Å²) >= 11 is 1.54. The lowest BCUT2D eigenvalue weighted by molar-refractivity contribution is -0.129. The Balaban J connectivity index is 1.53. The molecule has 1 aliphatic rings. The van der Waals surface area contributed by atoms with Crippen LogP contribution in [0.4, 0.5) is 0 Å². The Morgan fingerprint density at radius 1 is 1.25 bits per heavy atom. The molecule has 3 heterocycles. The monoisotopic (exact) mass is 445 g/mol. The summed E-state index contributed by atoms with van der Waals surface area (Å²) in [4.78, 5) is 35.6. The van der Waals surface area contributed by atoms with Crippen molar-refractivity contribution in [1.29, 1.82) is 5.26 Å². The molecule has 162 valence electrons. The summed E-state index contributed by atoms with van der Waals surface area (Å²) in [7, 11) is 0. The second-order valence-electron chi connectivity index (χ2n) is 7.83. The molecule has 0 bridgehead atoms. The first-order chi connectivity index (χ1) is 15.5. The normalized spacial score (nSPS) is 15.5. The van der Waals surface area contributed by atoms with E-state index < -0.39 is 6.04 Å². The number of carbonyl (C=O) groups excluding carboxylic acids is 2. The fourth-order valence-electron chi connectivity index (χ4n) is 3.78. The van der Waals surface area contributed by atoms with Crippen molar-refractivity contribution in [2.45, 2.75) is 26.3 Å². The van der Waals surface area contributed by atoms with Crippen LogP contribution in [0.2, 0.25) is 0 Å². The Hall–Kier alpha value is -3.44. The maximum Gasteiger partial charge on any atom is 0.252 e. The number of pyridine rings is 2. The number of nitriles is 1. The number of amides is 2. The molecule has 2 amide bonds. The highest BCUT2D eigenvalue weighted by molar-refractivity contribution is 7.99. The van der Waals surface area contributed by atoms with E-state index in [0.717, 1.165) is 22.2 Å². The molecule has 0 unspecified atom stereocenters. The van der Waals surface area contributed by atoms with Gasteiger partial charge in [-0.1, -0.05) is 6.07 Å². The topological polar surface area (TPSA) is 99.0 Å². The molecule has 2 aromatic heterocycles. The van der Waals surface area contributed by atoms with Crippen molar-refractivity contribution in [3.8, 4) is 6.07 Å². The van der Waals surface area contributed by atoms with E-state index in [2.05, 4.69) is 34.3 Å². The number of nitrogens with zero attached hydrogens (tertiary/aromatic N) is 4. The SMILES string of the molecule is Cc1cc(C)c(Cc2ccc3nccc(C(=O)NCC(=O)N4CSC[C@H]4C#N)c3c2)cn1. The number of hydrogen-bond acceptors (Lipinski definition) is 6. The zero-order valence-electron chi connectivity index (χ0n) is 18.0. The zero-order valence-corrected chi connectivity index (χ0v) is 18.8. The molecule has 0 saturated carbocycles. The summed E-state index contributed by atoms with van der Waals surface area (Å²) in [5.41, 5.74) is 5.52. The average molecular weight is 446 g/mol. The number of carbonyl (C=O) groups is 2. The van der Waals surface area contributed by atoms with Gasteiger partial charge in [0.05, 0.1) is 29.6 Å². The van der Waals surface area contributed by atoms with Crippen LogP contribution in [0.15, 0.2) is 42.7 Å². The number of benzene rings is 1. The van der Waals surface area contributed by atoms with Crippen molar-refractivity contribution in [2.75, 3.05) is 18.2 Å². The average Bonchev–Trinajstić information content (AvgIpc) is 3.28. The van der Waals surface area contributed by atoms with Gasteiger partial charge in [0.15, 0.2) is 0 Å². The minimum Gasteiger partial charge on any atom is -0.343 e. The number of rotatable bonds is 5. The Bertz CT molecular complexity index is 1240. The number of fused-ring (bicyclic) bond motifs is 1. The van der Waals surface area contributed by atoms with Gasteiger partial charge in [0.2, 0.25) is 5.91 Å². The molecule has 4 rings (SSSR count). The summed E-state index contributed by atoms with van der Waals surface area (Å²) in [5.74, 6) is 0.485. The lowest BCUT2D eigenvalue weighted by Crippen LogP contribution is -2.42. The van der Waals surface area contributed by atoms with E-state index in [-0.39, 0.29) is 18.4 Å². The number of aromatic nitrogens is 2. The van der Waals surface area contributed by atoms with Gasteiger partial charge < -0.3 is 10.2 Å². The highest BCUT2D eigenvalue weighted by Crippen LogP contribution is 2.22. The third-order valence-electron chi connectivity index (χ3n) is 5.55. The van der Waals surface area contributed by atoms with Gasteiger partial charge in [-0.15, -0.1) is 11.8 Å². The molecular formula is C24H23N5O2S. The molecular weight excluding hydrogens is 422 g/mol. The maximum absolute atomic E-state index is 12.9. The Kier molecular flexibility index (Phi) is 6.37. The first-order valence-corrected chi connectivity index (χ1v) is 11.5. The zero-order chi connectivity index (χ0) is 22.7. The van der Waals surface area contributed by atoms with Gasteiger partial charge in [-0.25, -0.2) is 0 Å². The number of aryl methyl sites for hydroxylation is 2. The molecule has 0 spiro atoms. The van der Waals surface area contributed by atoms with Crippen LogP contribution in [0.3, 0.4) is 0 Å². The van der Waals surface area contributed by atoms with Crippen molar-refractivity contribution >= 4 is 34.5 Å². The molecule has 1 fully saturated rings. The molecule has 8 heteroatoms. The molecule has 1 aromatic carbocycles. The Morgan fingerprint density at radius 3 is 2.88 bits per heavy atom. The van der Waals surface area contributed by atoms with Gasteiger partial charge in [0, 0.05) is 29.2 Å². The highest BCUT2D eigenvalue weighted by atomic mass is 32.2. The summed E-state index contributed by atoms with van der Waals surface area (Å²) < 4.78 is 0. The lowest BCUT2D eigenvalue weighted by atomic mass is 9.99. The van der Waals surface area contributed by atoms with Gasteiger partial charge in [-0.3, -0.25) is 19.6 Å². The van der Waals surface area contributed by atoms with Crippen molar-refractivity contribution in [1.82, 2.24) is 20.2 Å². The van der Waals surface area contributed by atoms with Crippen LogP contribution >= 0.6 is 11.8 Å². The first-order valence-electron chi connectivity index (χ1n) is 10.3. The van der Waals surface area contributed by atoms with Crippen molar-refractivity contribution in [2.24, 2.45) is 0 Å². The van der Waals surface area contributed by atoms with Gasteiger partial charge in [0.25, 0.3) is 5.91 Å². The van der Waals surface area contributed by atoms with Gasteiger partial charge in [-0.2, -0.15) is 5.26 Å². The summed E-state index contributed by atoms with van der Waals surface area (Å²) in [6.07, 6.45) is 4.18. The predicted octanol–water partition coefficient (Wildman–Crippen LogP) is 2.99. The molecule has 1 N–H and O–H groups in total. The highest BCUT2D eigenvalue weighted by Gasteiger charge is 2.29. The second-order valence-corrected chi connectivity index (χ2v) is 8.83. The van der Waals surface area contributed by atoms with Gasteiger partial charge >= 0.3 is 0 Å². The van der Waals surface area contributed by atoms with E-state index in [1.807, 2.05) is 31.3 Å². The van der Waals surface area contributed by atoms with E-state index in [9.17, 15) is 9.59 Å². The smallest absolute Gasteiger partial charge is 0.252 e. The summed E-state index contributed by atoms with van der Waals surface area (Å²) in [6.45, 7) is 3.89. The van der Waals surface area contributed by atoms with Gasteiger partial charge in [0.1, 0.15) is 6.04 Å². The summed E-state index contributed by atoms with van der Waals surface area (Å²) in [6, 6.07) is 11.3. The first kappa shape index (κ1) is 21.8. The molecule has 0 radical (unpaired) electrons. The predicted molar refractivity (Wildman–Crippen MR) is 124 cm³/mol. The fraction of sp³-hybridized carbons (Fsp3) is 0.292. The quantitative estimate of drug-likeness (QED) is 0.648. The minimum atomic E-state index is -0.437. The van der Waals surface area contributed by atoms with Crippen LogP contribution in [-0.2, 0) is 11.2 Å². The molecule has 0 aliphatic carbocycles. The van der Waals surface area contributed by atoms with Crippen LogP contribution in [0, 0.1) is 25.2 Å². The Labute approximate surface area is 190 Å². The van der Waals surface area contributed by atoms with Crippen LogP contribution < -0.4 is 5.32 Å². The van der Waals surface area contributed by atoms with Gasteiger partial charge in [-0.05, 0) is 61.2 Å². The maximum atomic E-state index is 12.9. The molecule has 32 heavy (non-hydrogen) atoms. The van der Waals surface area contributed by atoms with E-state index in [4.69, 9.17) is 5.26 Å². The number of nitrogens with one attached hydrogen (secondary N) is 1. The van der Waals surface area contributed by atoms with E-state index in [1.165, 1.54) is 22.2 Å². The van der Waals surface area contributed by atoms with E-state index >= 15 is 0 Å². The largest absolute Gasteiger partial charge is 0.343 e. The molecule has 1 saturated heterocycles. The van der Waals surface area contributed by atoms with Crippen LogP contribution in [0.5, 0.6) is 0 Å². The molecule has 7 nitrogen and oxygen atoms in total.